The van der Waals surface area contributed by atoms with Crippen molar-refractivity contribution in [3.05, 3.63) is 51.2 Å². The SMILES string of the molecule is NC1c2cc(Br)ccc2Oc2cnc(Cl)cc21. The van der Waals surface area contributed by atoms with Gasteiger partial charge in [0.1, 0.15) is 10.9 Å². The number of pyridine rings is 1. The van der Waals surface area contributed by atoms with Crippen LogP contribution in [0.2, 0.25) is 5.15 Å². The lowest BCUT2D eigenvalue weighted by Crippen LogP contribution is -2.18. The highest BCUT2D eigenvalue weighted by molar-refractivity contribution is 9.10. The van der Waals surface area contributed by atoms with Crippen molar-refractivity contribution in [2.45, 2.75) is 6.04 Å². The Balaban J connectivity index is 2.18. The molecule has 5 heteroatoms. The second-order valence-electron chi connectivity index (χ2n) is 3.81. The summed E-state index contributed by atoms with van der Waals surface area (Å²) < 4.78 is 6.71. The Labute approximate surface area is 112 Å². The Morgan fingerprint density at radius 3 is 2.82 bits per heavy atom. The van der Waals surface area contributed by atoms with Gasteiger partial charge in [0.15, 0.2) is 5.75 Å². The highest BCUT2D eigenvalue weighted by Crippen LogP contribution is 2.42. The minimum absolute atomic E-state index is 0.244. The number of rotatable bonds is 0. The average molecular weight is 312 g/mol. The van der Waals surface area contributed by atoms with Gasteiger partial charge in [-0.2, -0.15) is 0 Å². The van der Waals surface area contributed by atoms with Gasteiger partial charge in [0, 0.05) is 15.6 Å². The van der Waals surface area contributed by atoms with Crippen LogP contribution in [0.25, 0.3) is 0 Å². The third-order valence-corrected chi connectivity index (χ3v) is 3.43. The van der Waals surface area contributed by atoms with E-state index in [1.54, 1.807) is 12.3 Å². The number of halogens is 2. The van der Waals surface area contributed by atoms with E-state index in [0.29, 0.717) is 10.9 Å². The topological polar surface area (TPSA) is 48.1 Å². The van der Waals surface area contributed by atoms with E-state index in [1.165, 1.54) is 0 Å². The van der Waals surface area contributed by atoms with E-state index in [-0.39, 0.29) is 6.04 Å². The van der Waals surface area contributed by atoms with Gasteiger partial charge in [-0.3, -0.25) is 0 Å². The van der Waals surface area contributed by atoms with Crippen LogP contribution in [0.3, 0.4) is 0 Å². The lowest BCUT2D eigenvalue weighted by molar-refractivity contribution is 0.444. The molecule has 2 N–H and O–H groups in total. The average Bonchev–Trinajstić information content (AvgIpc) is 2.32. The van der Waals surface area contributed by atoms with Crippen LogP contribution >= 0.6 is 27.5 Å². The van der Waals surface area contributed by atoms with Crippen LogP contribution in [0.15, 0.2) is 34.9 Å². The molecule has 2 aromatic rings. The van der Waals surface area contributed by atoms with Gasteiger partial charge in [-0.25, -0.2) is 4.98 Å². The van der Waals surface area contributed by atoms with Crippen molar-refractivity contribution in [1.82, 2.24) is 4.98 Å². The first-order valence-corrected chi connectivity index (χ1v) is 6.20. The molecule has 2 heterocycles. The number of benzene rings is 1. The molecule has 0 fully saturated rings. The quantitative estimate of drug-likeness (QED) is 0.755. The lowest BCUT2D eigenvalue weighted by Gasteiger charge is -2.25. The number of hydrogen-bond acceptors (Lipinski definition) is 3. The molecule has 1 aromatic carbocycles. The molecule has 0 saturated carbocycles. The Hall–Kier alpha value is -1.10. The maximum Gasteiger partial charge on any atom is 0.150 e. The summed E-state index contributed by atoms with van der Waals surface area (Å²) in [6.45, 7) is 0. The molecule has 86 valence electrons. The standard InChI is InChI=1S/C12H8BrClN2O/c13-6-1-2-9-7(3-6)12(15)8-4-11(14)16-5-10(8)17-9/h1-5,12H,15H2. The van der Waals surface area contributed by atoms with E-state index in [0.717, 1.165) is 21.3 Å². The van der Waals surface area contributed by atoms with Gasteiger partial charge in [0.05, 0.1) is 12.2 Å². The first-order chi connectivity index (χ1) is 8.15. The highest BCUT2D eigenvalue weighted by Gasteiger charge is 2.25. The molecular weight excluding hydrogens is 304 g/mol. The van der Waals surface area contributed by atoms with Gasteiger partial charge >= 0.3 is 0 Å². The van der Waals surface area contributed by atoms with Crippen LogP contribution in [0.4, 0.5) is 0 Å². The van der Waals surface area contributed by atoms with Crippen molar-refractivity contribution >= 4 is 27.5 Å². The molecule has 1 unspecified atom stereocenters. The van der Waals surface area contributed by atoms with E-state index < -0.39 is 0 Å². The molecule has 17 heavy (non-hydrogen) atoms. The molecule has 1 atom stereocenters. The third kappa shape index (κ3) is 1.82. The number of fused-ring (bicyclic) bond motifs is 2. The van der Waals surface area contributed by atoms with E-state index >= 15 is 0 Å². The number of aromatic nitrogens is 1. The zero-order valence-electron chi connectivity index (χ0n) is 8.65. The Morgan fingerprint density at radius 2 is 2.00 bits per heavy atom. The fourth-order valence-corrected chi connectivity index (χ4v) is 2.45. The van der Waals surface area contributed by atoms with Crippen LogP contribution < -0.4 is 10.5 Å². The van der Waals surface area contributed by atoms with Crippen molar-refractivity contribution in [2.24, 2.45) is 5.73 Å². The zero-order chi connectivity index (χ0) is 12.0. The van der Waals surface area contributed by atoms with E-state index in [4.69, 9.17) is 22.1 Å². The fourth-order valence-electron chi connectivity index (χ4n) is 1.90. The Bertz CT molecular complexity index is 552. The van der Waals surface area contributed by atoms with Gasteiger partial charge in [-0.15, -0.1) is 0 Å². The molecule has 0 aliphatic carbocycles. The molecule has 3 nitrogen and oxygen atoms in total. The van der Waals surface area contributed by atoms with Gasteiger partial charge in [-0.05, 0) is 24.3 Å². The van der Waals surface area contributed by atoms with Crippen molar-refractivity contribution in [3.63, 3.8) is 0 Å². The van der Waals surface area contributed by atoms with Crippen LogP contribution in [0.1, 0.15) is 17.2 Å². The molecular formula is C12H8BrClN2O. The van der Waals surface area contributed by atoms with Gasteiger partial charge in [-0.1, -0.05) is 27.5 Å². The van der Waals surface area contributed by atoms with Gasteiger partial charge in [0.25, 0.3) is 0 Å². The van der Waals surface area contributed by atoms with Crippen LogP contribution in [0.5, 0.6) is 11.5 Å². The summed E-state index contributed by atoms with van der Waals surface area (Å²) in [4.78, 5) is 3.99. The smallest absolute Gasteiger partial charge is 0.150 e. The summed E-state index contributed by atoms with van der Waals surface area (Å²) in [5.74, 6) is 1.43. The van der Waals surface area contributed by atoms with Crippen LogP contribution in [0, 0.1) is 0 Å². The van der Waals surface area contributed by atoms with E-state index in [9.17, 15) is 0 Å². The summed E-state index contributed by atoms with van der Waals surface area (Å²) in [7, 11) is 0. The molecule has 1 aliphatic rings. The predicted molar refractivity (Wildman–Crippen MR) is 69.5 cm³/mol. The largest absolute Gasteiger partial charge is 0.455 e. The summed E-state index contributed by atoms with van der Waals surface area (Å²) in [6, 6.07) is 7.26. The number of hydrogen-bond donors (Lipinski definition) is 1. The minimum Gasteiger partial charge on any atom is -0.455 e. The molecule has 0 bridgehead atoms. The summed E-state index contributed by atoms with van der Waals surface area (Å²) in [5.41, 5.74) is 8.00. The summed E-state index contributed by atoms with van der Waals surface area (Å²) in [5, 5.41) is 0.418. The Morgan fingerprint density at radius 1 is 1.24 bits per heavy atom. The second kappa shape index (κ2) is 3.98. The molecule has 1 aliphatic heterocycles. The molecule has 0 saturated heterocycles. The summed E-state index contributed by atoms with van der Waals surface area (Å²) in [6.07, 6.45) is 1.60. The third-order valence-electron chi connectivity index (χ3n) is 2.73. The van der Waals surface area contributed by atoms with Gasteiger partial charge < -0.3 is 10.5 Å². The van der Waals surface area contributed by atoms with E-state index in [2.05, 4.69) is 20.9 Å². The van der Waals surface area contributed by atoms with Crippen molar-refractivity contribution < 1.29 is 4.74 Å². The highest BCUT2D eigenvalue weighted by atomic mass is 79.9. The van der Waals surface area contributed by atoms with Crippen LogP contribution in [-0.2, 0) is 0 Å². The fraction of sp³-hybridized carbons (Fsp3) is 0.0833. The van der Waals surface area contributed by atoms with Crippen LogP contribution in [-0.4, -0.2) is 4.98 Å². The molecule has 0 radical (unpaired) electrons. The lowest BCUT2D eigenvalue weighted by atomic mass is 9.97. The molecule has 0 spiro atoms. The number of nitrogens with zero attached hydrogens (tertiary/aromatic N) is 1. The molecule has 1 aromatic heterocycles. The number of ether oxygens (including phenoxy) is 1. The Kier molecular flexibility index (Phi) is 2.58. The molecule has 0 amide bonds. The zero-order valence-corrected chi connectivity index (χ0v) is 11.0. The first kappa shape index (κ1) is 11.0. The van der Waals surface area contributed by atoms with Crippen molar-refractivity contribution in [1.29, 1.82) is 0 Å². The van der Waals surface area contributed by atoms with Gasteiger partial charge in [0.2, 0.25) is 0 Å². The summed E-state index contributed by atoms with van der Waals surface area (Å²) >= 11 is 9.29. The maximum atomic E-state index is 6.21. The first-order valence-electron chi connectivity index (χ1n) is 5.03. The van der Waals surface area contributed by atoms with Crippen molar-refractivity contribution in [3.8, 4) is 11.5 Å². The predicted octanol–water partition coefficient (Wildman–Crippen LogP) is 3.65. The van der Waals surface area contributed by atoms with E-state index in [1.807, 2.05) is 18.2 Å². The normalized spacial score (nSPS) is 17.0. The van der Waals surface area contributed by atoms with Crippen molar-refractivity contribution in [2.75, 3.05) is 0 Å². The maximum absolute atomic E-state index is 6.21. The second-order valence-corrected chi connectivity index (χ2v) is 5.11. The molecule has 3 rings (SSSR count). The number of nitrogens with two attached hydrogens (primary N) is 1. The minimum atomic E-state index is -0.244. The monoisotopic (exact) mass is 310 g/mol.